The van der Waals surface area contributed by atoms with E-state index in [1.54, 1.807) is 52.0 Å². The van der Waals surface area contributed by atoms with Gasteiger partial charge in [-0.05, 0) is 67.9 Å². The lowest BCUT2D eigenvalue weighted by Gasteiger charge is -2.07. The predicted octanol–water partition coefficient (Wildman–Crippen LogP) is 4.76. The minimum atomic E-state index is -0.409. The maximum atomic E-state index is 12.9. The van der Waals surface area contributed by atoms with Crippen LogP contribution in [0.3, 0.4) is 0 Å². The number of ether oxygens (including phenoxy) is 1. The molecule has 0 bridgehead atoms. The van der Waals surface area contributed by atoms with Crippen LogP contribution in [0.1, 0.15) is 27.2 Å². The minimum absolute atomic E-state index is 0.184. The number of carbonyl (C=O) groups is 1. The maximum Gasteiger partial charge on any atom is 0.343 e. The summed E-state index contributed by atoms with van der Waals surface area (Å²) in [5.74, 6) is 0.0304. The van der Waals surface area contributed by atoms with Crippen molar-refractivity contribution in [1.82, 2.24) is 9.36 Å². The standard InChI is InChI=1S/C26H23N3O3/c1-18-9-13-21(14-10-18)26(31)32-23-15-11-20(12-16-23)17-27-24-19(2)28(3)29(25(24)30)22-7-5-4-6-8-22/h4-17H,1-3H3. The number of carbonyl (C=O) groups excluding carboxylic acids is 1. The van der Waals surface area contributed by atoms with Gasteiger partial charge in [0.2, 0.25) is 0 Å². The molecule has 0 atom stereocenters. The van der Waals surface area contributed by atoms with Crippen molar-refractivity contribution >= 4 is 17.9 Å². The molecule has 0 amide bonds. The third-order valence-electron chi connectivity index (χ3n) is 5.24. The molecule has 0 spiro atoms. The zero-order valence-electron chi connectivity index (χ0n) is 18.1. The molecule has 0 aliphatic heterocycles. The first-order chi connectivity index (χ1) is 15.4. The van der Waals surface area contributed by atoms with E-state index < -0.39 is 5.97 Å². The van der Waals surface area contributed by atoms with Crippen LogP contribution >= 0.6 is 0 Å². The van der Waals surface area contributed by atoms with Crippen LogP contribution in [0.4, 0.5) is 5.69 Å². The monoisotopic (exact) mass is 425 g/mol. The normalized spacial score (nSPS) is 11.1. The molecule has 1 heterocycles. The van der Waals surface area contributed by atoms with E-state index in [0.29, 0.717) is 17.0 Å². The molecule has 0 aliphatic carbocycles. The first-order valence-electron chi connectivity index (χ1n) is 10.2. The summed E-state index contributed by atoms with van der Waals surface area (Å²) in [5, 5.41) is 0. The molecule has 4 aromatic rings. The summed E-state index contributed by atoms with van der Waals surface area (Å²) >= 11 is 0. The molecule has 0 saturated heterocycles. The highest BCUT2D eigenvalue weighted by molar-refractivity contribution is 5.91. The smallest absolute Gasteiger partial charge is 0.343 e. The summed E-state index contributed by atoms with van der Waals surface area (Å²) in [5.41, 5.74) is 4.10. The highest BCUT2D eigenvalue weighted by Crippen LogP contribution is 2.18. The lowest BCUT2D eigenvalue weighted by molar-refractivity contribution is 0.0735. The van der Waals surface area contributed by atoms with Crippen LogP contribution in [0, 0.1) is 13.8 Å². The Morgan fingerprint density at radius 3 is 2.22 bits per heavy atom. The third kappa shape index (κ3) is 4.30. The average molecular weight is 425 g/mol. The summed E-state index contributed by atoms with van der Waals surface area (Å²) < 4.78 is 8.81. The number of rotatable bonds is 5. The van der Waals surface area contributed by atoms with Gasteiger partial charge >= 0.3 is 5.97 Å². The van der Waals surface area contributed by atoms with E-state index in [1.807, 2.05) is 63.4 Å². The van der Waals surface area contributed by atoms with E-state index in [9.17, 15) is 9.59 Å². The van der Waals surface area contributed by atoms with Gasteiger partial charge < -0.3 is 4.74 Å². The number of aromatic nitrogens is 2. The topological polar surface area (TPSA) is 65.6 Å². The Bertz CT molecular complexity index is 1330. The van der Waals surface area contributed by atoms with Gasteiger partial charge in [0.05, 0.1) is 16.9 Å². The van der Waals surface area contributed by atoms with E-state index in [4.69, 9.17) is 4.74 Å². The van der Waals surface area contributed by atoms with Gasteiger partial charge in [0.1, 0.15) is 5.75 Å². The fourth-order valence-electron chi connectivity index (χ4n) is 3.32. The van der Waals surface area contributed by atoms with Crippen LogP contribution in [0.25, 0.3) is 5.69 Å². The number of benzene rings is 3. The predicted molar refractivity (Wildman–Crippen MR) is 126 cm³/mol. The number of para-hydroxylation sites is 1. The summed E-state index contributed by atoms with van der Waals surface area (Å²) in [6, 6.07) is 23.6. The van der Waals surface area contributed by atoms with Crippen molar-refractivity contribution in [2.45, 2.75) is 13.8 Å². The molecule has 0 unspecified atom stereocenters. The lowest BCUT2D eigenvalue weighted by Crippen LogP contribution is -2.19. The van der Waals surface area contributed by atoms with Crippen molar-refractivity contribution in [2.75, 3.05) is 0 Å². The summed E-state index contributed by atoms with van der Waals surface area (Å²) in [6.07, 6.45) is 1.63. The maximum absolute atomic E-state index is 12.9. The van der Waals surface area contributed by atoms with E-state index in [0.717, 1.165) is 22.5 Å². The van der Waals surface area contributed by atoms with Gasteiger partial charge in [-0.1, -0.05) is 35.9 Å². The average Bonchev–Trinajstić information content (AvgIpc) is 3.02. The minimum Gasteiger partial charge on any atom is -0.423 e. The first-order valence-corrected chi connectivity index (χ1v) is 10.2. The molecular weight excluding hydrogens is 402 g/mol. The molecular formula is C26H23N3O3. The van der Waals surface area contributed by atoms with Crippen molar-refractivity contribution in [3.05, 3.63) is 112 Å². The van der Waals surface area contributed by atoms with Crippen molar-refractivity contribution in [3.8, 4) is 11.4 Å². The molecule has 0 saturated carbocycles. The Labute approximate surface area is 186 Å². The number of hydrogen-bond acceptors (Lipinski definition) is 4. The van der Waals surface area contributed by atoms with Crippen molar-refractivity contribution in [3.63, 3.8) is 0 Å². The van der Waals surface area contributed by atoms with E-state index in [-0.39, 0.29) is 5.56 Å². The Balaban J connectivity index is 1.52. The lowest BCUT2D eigenvalue weighted by atomic mass is 10.1. The fourth-order valence-corrected chi connectivity index (χ4v) is 3.32. The number of hydrogen-bond donors (Lipinski definition) is 0. The molecule has 1 aromatic heterocycles. The summed E-state index contributed by atoms with van der Waals surface area (Å²) in [7, 11) is 1.83. The van der Waals surface area contributed by atoms with E-state index in [1.165, 1.54) is 0 Å². The van der Waals surface area contributed by atoms with Crippen molar-refractivity contribution in [2.24, 2.45) is 12.0 Å². The molecule has 0 aliphatic rings. The van der Waals surface area contributed by atoms with Gasteiger partial charge in [-0.2, -0.15) is 0 Å². The van der Waals surface area contributed by atoms with Gasteiger partial charge in [0.25, 0.3) is 5.56 Å². The highest BCUT2D eigenvalue weighted by atomic mass is 16.5. The van der Waals surface area contributed by atoms with Crippen LogP contribution in [0.15, 0.2) is 88.6 Å². The number of aryl methyl sites for hydroxylation is 1. The van der Waals surface area contributed by atoms with Crippen LogP contribution in [0.2, 0.25) is 0 Å². The molecule has 0 fully saturated rings. The second kappa shape index (κ2) is 8.89. The summed E-state index contributed by atoms with van der Waals surface area (Å²) in [6.45, 7) is 3.82. The van der Waals surface area contributed by atoms with Gasteiger partial charge in [0.15, 0.2) is 5.69 Å². The van der Waals surface area contributed by atoms with Gasteiger partial charge in [-0.25, -0.2) is 14.5 Å². The molecule has 32 heavy (non-hydrogen) atoms. The highest BCUT2D eigenvalue weighted by Gasteiger charge is 2.15. The van der Waals surface area contributed by atoms with Crippen LogP contribution in [-0.4, -0.2) is 21.5 Å². The zero-order valence-corrected chi connectivity index (χ0v) is 18.1. The molecule has 0 radical (unpaired) electrons. The quantitative estimate of drug-likeness (QED) is 0.263. The number of nitrogens with zero attached hydrogens (tertiary/aromatic N) is 3. The number of esters is 1. The van der Waals surface area contributed by atoms with E-state index in [2.05, 4.69) is 4.99 Å². The Kier molecular flexibility index (Phi) is 5.85. The molecule has 6 heteroatoms. The van der Waals surface area contributed by atoms with Crippen molar-refractivity contribution < 1.29 is 9.53 Å². The largest absolute Gasteiger partial charge is 0.423 e. The summed E-state index contributed by atoms with van der Waals surface area (Å²) in [4.78, 5) is 29.6. The van der Waals surface area contributed by atoms with Crippen LogP contribution < -0.4 is 10.3 Å². The van der Waals surface area contributed by atoms with Gasteiger partial charge in [0, 0.05) is 13.3 Å². The van der Waals surface area contributed by atoms with E-state index >= 15 is 0 Å². The molecule has 3 aromatic carbocycles. The molecule has 4 rings (SSSR count). The van der Waals surface area contributed by atoms with Crippen LogP contribution in [-0.2, 0) is 7.05 Å². The molecule has 160 valence electrons. The van der Waals surface area contributed by atoms with Gasteiger partial charge in [-0.3, -0.25) is 9.48 Å². The Morgan fingerprint density at radius 1 is 0.906 bits per heavy atom. The zero-order chi connectivity index (χ0) is 22.7. The van der Waals surface area contributed by atoms with Gasteiger partial charge in [-0.15, -0.1) is 0 Å². The van der Waals surface area contributed by atoms with Crippen molar-refractivity contribution in [1.29, 1.82) is 0 Å². The third-order valence-corrected chi connectivity index (χ3v) is 5.24. The fraction of sp³-hybridized carbons (Fsp3) is 0.115. The van der Waals surface area contributed by atoms with Crippen LogP contribution in [0.5, 0.6) is 5.75 Å². The second-order valence-corrected chi connectivity index (χ2v) is 7.49. The first kappa shape index (κ1) is 21.1. The SMILES string of the molecule is Cc1ccc(C(=O)Oc2ccc(C=Nc3c(C)n(C)n(-c4ccccc4)c3=O)cc2)cc1. The number of aliphatic imine (C=N–C) groups is 1. The Hall–Kier alpha value is -4.19. The molecule has 6 nitrogen and oxygen atoms in total. The molecule has 0 N–H and O–H groups in total. The second-order valence-electron chi connectivity index (χ2n) is 7.49. The Morgan fingerprint density at radius 2 is 1.56 bits per heavy atom.